The molecule has 1 aliphatic heterocycles. The van der Waals surface area contributed by atoms with Crippen molar-refractivity contribution in [3.63, 3.8) is 0 Å². The third-order valence-electron chi connectivity index (χ3n) is 5.73. The van der Waals surface area contributed by atoms with E-state index in [0.29, 0.717) is 19.6 Å². The summed E-state index contributed by atoms with van der Waals surface area (Å²) in [6.45, 7) is 5.51. The molecule has 0 aliphatic carbocycles. The zero-order chi connectivity index (χ0) is 21.6. The number of urea groups is 1. The van der Waals surface area contributed by atoms with Gasteiger partial charge in [-0.25, -0.2) is 4.79 Å². The van der Waals surface area contributed by atoms with Crippen molar-refractivity contribution in [3.05, 3.63) is 59.7 Å². The number of hydrogen-bond donors (Lipinski definition) is 2. The van der Waals surface area contributed by atoms with Crippen LogP contribution in [0.3, 0.4) is 0 Å². The maximum absolute atomic E-state index is 12.9. The third-order valence-corrected chi connectivity index (χ3v) is 5.73. The van der Waals surface area contributed by atoms with Gasteiger partial charge in [-0.15, -0.1) is 0 Å². The van der Waals surface area contributed by atoms with Gasteiger partial charge in [0.25, 0.3) is 0 Å². The number of rotatable bonds is 6. The van der Waals surface area contributed by atoms with E-state index >= 15 is 0 Å². The van der Waals surface area contributed by atoms with E-state index in [9.17, 15) is 9.59 Å². The van der Waals surface area contributed by atoms with Crippen LogP contribution in [0, 0.1) is 5.41 Å². The molecule has 0 spiro atoms. The smallest absolute Gasteiger partial charge is 0.321 e. The highest BCUT2D eigenvalue weighted by Crippen LogP contribution is 2.30. The number of hydrogen-bond acceptors (Lipinski definition) is 3. The van der Waals surface area contributed by atoms with Crippen molar-refractivity contribution < 1.29 is 14.3 Å². The Morgan fingerprint density at radius 2 is 1.90 bits per heavy atom. The summed E-state index contributed by atoms with van der Waals surface area (Å²) in [5.41, 5.74) is 2.37. The van der Waals surface area contributed by atoms with Crippen LogP contribution >= 0.6 is 0 Å². The highest BCUT2D eigenvalue weighted by Gasteiger charge is 2.39. The molecule has 1 saturated heterocycles. The van der Waals surface area contributed by atoms with E-state index in [0.717, 1.165) is 36.3 Å². The van der Waals surface area contributed by atoms with Crippen LogP contribution in [0.1, 0.15) is 37.8 Å². The van der Waals surface area contributed by atoms with E-state index in [4.69, 9.17) is 4.74 Å². The molecule has 160 valence electrons. The summed E-state index contributed by atoms with van der Waals surface area (Å²) < 4.78 is 5.24. The molecule has 6 nitrogen and oxygen atoms in total. The van der Waals surface area contributed by atoms with E-state index < -0.39 is 5.41 Å². The number of nitrogens with one attached hydrogen (secondary N) is 2. The summed E-state index contributed by atoms with van der Waals surface area (Å²) in [4.78, 5) is 27.4. The lowest BCUT2D eigenvalue weighted by Crippen LogP contribution is -2.52. The van der Waals surface area contributed by atoms with Crippen LogP contribution in [0.15, 0.2) is 48.5 Å². The van der Waals surface area contributed by atoms with Crippen LogP contribution in [0.5, 0.6) is 5.75 Å². The molecular weight excluding hydrogens is 378 g/mol. The van der Waals surface area contributed by atoms with Gasteiger partial charge in [0.1, 0.15) is 5.75 Å². The molecule has 1 atom stereocenters. The highest BCUT2D eigenvalue weighted by molar-refractivity contribution is 5.90. The molecule has 6 heteroatoms. The van der Waals surface area contributed by atoms with E-state index in [1.165, 1.54) is 5.56 Å². The monoisotopic (exact) mass is 409 g/mol. The molecule has 2 aromatic rings. The Bertz CT molecular complexity index is 882. The zero-order valence-corrected chi connectivity index (χ0v) is 18.0. The molecular formula is C24H31N3O3. The molecule has 1 fully saturated rings. The summed E-state index contributed by atoms with van der Waals surface area (Å²) >= 11 is 0. The summed E-state index contributed by atoms with van der Waals surface area (Å²) in [6.07, 6.45) is 2.51. The van der Waals surface area contributed by atoms with Crippen molar-refractivity contribution in [2.75, 3.05) is 25.5 Å². The van der Waals surface area contributed by atoms with Gasteiger partial charge >= 0.3 is 6.03 Å². The number of anilines is 1. The average Bonchev–Trinajstić information content (AvgIpc) is 2.78. The van der Waals surface area contributed by atoms with Crippen molar-refractivity contribution in [2.45, 2.75) is 39.7 Å². The summed E-state index contributed by atoms with van der Waals surface area (Å²) in [5.74, 6) is 0.732. The number of piperidine rings is 1. The minimum Gasteiger partial charge on any atom is -0.497 e. The Hall–Kier alpha value is -3.02. The van der Waals surface area contributed by atoms with E-state index in [1.54, 1.807) is 12.0 Å². The maximum Gasteiger partial charge on any atom is 0.321 e. The SMILES string of the molecule is CCc1ccc(NC(=O)N2CCCC(C)(C(=O)NCc3cccc(OC)c3)C2)cc1. The lowest BCUT2D eigenvalue weighted by atomic mass is 9.81. The van der Waals surface area contributed by atoms with E-state index in [1.807, 2.05) is 55.5 Å². The van der Waals surface area contributed by atoms with Crippen molar-refractivity contribution in [3.8, 4) is 5.75 Å². The molecule has 2 N–H and O–H groups in total. The van der Waals surface area contributed by atoms with Crippen molar-refractivity contribution >= 4 is 17.6 Å². The first-order valence-corrected chi connectivity index (χ1v) is 10.5. The number of aryl methyl sites for hydroxylation is 1. The van der Waals surface area contributed by atoms with Crippen LogP contribution in [0.4, 0.5) is 10.5 Å². The largest absolute Gasteiger partial charge is 0.497 e. The number of carbonyl (C=O) groups is 2. The minimum atomic E-state index is -0.611. The number of methoxy groups -OCH3 is 1. The topological polar surface area (TPSA) is 70.7 Å². The van der Waals surface area contributed by atoms with Gasteiger partial charge in [0.05, 0.1) is 12.5 Å². The molecule has 30 heavy (non-hydrogen) atoms. The van der Waals surface area contributed by atoms with Crippen molar-refractivity contribution in [1.29, 1.82) is 0 Å². The molecule has 0 aromatic heterocycles. The first-order chi connectivity index (χ1) is 14.4. The van der Waals surface area contributed by atoms with Crippen LogP contribution in [-0.4, -0.2) is 37.0 Å². The Balaban J connectivity index is 1.58. The number of ether oxygens (including phenoxy) is 1. The lowest BCUT2D eigenvalue weighted by Gasteiger charge is -2.39. The van der Waals surface area contributed by atoms with Gasteiger partial charge in [0, 0.05) is 25.3 Å². The number of benzene rings is 2. The summed E-state index contributed by atoms with van der Waals surface area (Å²) in [6, 6.07) is 15.3. The van der Waals surface area contributed by atoms with Gasteiger partial charge in [-0.2, -0.15) is 0 Å². The third kappa shape index (κ3) is 5.32. The molecule has 1 aliphatic rings. The van der Waals surface area contributed by atoms with Crippen molar-refractivity contribution in [1.82, 2.24) is 10.2 Å². The molecule has 0 bridgehead atoms. The summed E-state index contributed by atoms with van der Waals surface area (Å²) in [7, 11) is 1.62. The predicted molar refractivity (Wildman–Crippen MR) is 119 cm³/mol. The Morgan fingerprint density at radius 3 is 2.60 bits per heavy atom. The Morgan fingerprint density at radius 1 is 1.13 bits per heavy atom. The maximum atomic E-state index is 12.9. The minimum absolute atomic E-state index is 0.0323. The zero-order valence-electron chi connectivity index (χ0n) is 18.0. The fourth-order valence-corrected chi connectivity index (χ4v) is 3.80. The standard InChI is InChI=1S/C24H31N3O3/c1-4-18-9-11-20(12-10-18)26-23(29)27-14-6-13-24(2,17-27)22(28)25-16-19-7-5-8-21(15-19)30-3/h5,7-12,15H,4,6,13-14,16-17H2,1-3H3,(H,25,28)(H,26,29). The van der Waals surface area contributed by atoms with E-state index in [2.05, 4.69) is 17.6 Å². The molecule has 2 aromatic carbocycles. The van der Waals surface area contributed by atoms with Crippen LogP contribution in [-0.2, 0) is 17.8 Å². The van der Waals surface area contributed by atoms with Gasteiger partial charge in [0.2, 0.25) is 5.91 Å². The molecule has 0 radical (unpaired) electrons. The molecule has 0 saturated carbocycles. The van der Waals surface area contributed by atoms with Crippen LogP contribution in [0.25, 0.3) is 0 Å². The second-order valence-corrected chi connectivity index (χ2v) is 8.10. The molecule has 3 amide bonds. The average molecular weight is 410 g/mol. The summed E-state index contributed by atoms with van der Waals surface area (Å²) in [5, 5.41) is 5.98. The van der Waals surface area contributed by atoms with Gasteiger partial charge in [0.15, 0.2) is 0 Å². The number of likely N-dealkylation sites (tertiary alicyclic amines) is 1. The normalized spacial score (nSPS) is 18.6. The number of amides is 3. The highest BCUT2D eigenvalue weighted by atomic mass is 16.5. The second-order valence-electron chi connectivity index (χ2n) is 8.10. The first-order valence-electron chi connectivity index (χ1n) is 10.5. The Kier molecular flexibility index (Phi) is 6.98. The first kappa shape index (κ1) is 21.7. The van der Waals surface area contributed by atoms with Gasteiger partial charge in [-0.05, 0) is 61.6 Å². The lowest BCUT2D eigenvalue weighted by molar-refractivity contribution is -0.132. The van der Waals surface area contributed by atoms with Gasteiger partial charge < -0.3 is 20.3 Å². The van der Waals surface area contributed by atoms with Gasteiger partial charge in [-0.1, -0.05) is 31.2 Å². The van der Waals surface area contributed by atoms with Crippen molar-refractivity contribution in [2.24, 2.45) is 5.41 Å². The van der Waals surface area contributed by atoms with Gasteiger partial charge in [-0.3, -0.25) is 4.79 Å². The predicted octanol–water partition coefficient (Wildman–Crippen LogP) is 4.21. The fourth-order valence-electron chi connectivity index (χ4n) is 3.80. The second kappa shape index (κ2) is 9.65. The fraction of sp³-hybridized carbons (Fsp3) is 0.417. The quantitative estimate of drug-likeness (QED) is 0.751. The van der Waals surface area contributed by atoms with Crippen LogP contribution in [0.2, 0.25) is 0 Å². The van der Waals surface area contributed by atoms with E-state index in [-0.39, 0.29) is 11.9 Å². The molecule has 3 rings (SSSR count). The molecule has 1 unspecified atom stereocenters. The van der Waals surface area contributed by atoms with Crippen LogP contribution < -0.4 is 15.4 Å². The number of nitrogens with zero attached hydrogens (tertiary/aromatic N) is 1. The Labute approximate surface area is 178 Å². The molecule has 1 heterocycles. The number of carbonyl (C=O) groups excluding carboxylic acids is 2.